The van der Waals surface area contributed by atoms with Crippen molar-refractivity contribution in [2.24, 2.45) is 0 Å². The molecular weight excluding hydrogens is 188 g/mol. The molecule has 0 saturated heterocycles. The second-order valence-corrected chi connectivity index (χ2v) is 3.62. The molecule has 2 rings (SSSR count). The molecule has 2 aromatic rings. The summed E-state index contributed by atoms with van der Waals surface area (Å²) in [4.78, 5) is 16.4. The molecule has 0 aromatic carbocycles. The summed E-state index contributed by atoms with van der Waals surface area (Å²) in [6.45, 7) is 4.23. The molecule has 4 nitrogen and oxygen atoms in total. The number of nitrogens with zero attached hydrogens (tertiary/aromatic N) is 4. The van der Waals surface area contributed by atoms with Gasteiger partial charge in [-0.05, 0) is 11.5 Å². The molecule has 0 N–H and O–H groups in total. The summed E-state index contributed by atoms with van der Waals surface area (Å²) in [6.07, 6.45) is 8.60. The Bertz CT molecular complexity index is 422. The van der Waals surface area contributed by atoms with E-state index in [0.717, 1.165) is 11.1 Å². The lowest BCUT2D eigenvalue weighted by Crippen LogP contribution is -1.94. The van der Waals surface area contributed by atoms with Gasteiger partial charge in [-0.1, -0.05) is 13.8 Å². The van der Waals surface area contributed by atoms with E-state index in [9.17, 15) is 0 Å². The van der Waals surface area contributed by atoms with Crippen LogP contribution in [0.25, 0.3) is 11.4 Å². The summed E-state index contributed by atoms with van der Waals surface area (Å²) in [5, 5.41) is 0. The molecule has 2 heterocycles. The van der Waals surface area contributed by atoms with E-state index in [1.54, 1.807) is 12.4 Å². The highest BCUT2D eigenvalue weighted by Gasteiger charge is 2.03. The summed E-state index contributed by atoms with van der Waals surface area (Å²) in [7, 11) is 0. The van der Waals surface area contributed by atoms with Gasteiger partial charge in [-0.15, -0.1) is 0 Å². The summed E-state index contributed by atoms with van der Waals surface area (Å²) in [5.41, 5.74) is 1.98. The van der Waals surface area contributed by atoms with E-state index in [2.05, 4.69) is 33.8 Å². The minimum Gasteiger partial charge on any atom is -0.244 e. The van der Waals surface area contributed by atoms with Gasteiger partial charge in [0.1, 0.15) is 6.33 Å². The van der Waals surface area contributed by atoms with Crippen molar-refractivity contribution in [1.82, 2.24) is 19.9 Å². The Morgan fingerprint density at radius 3 is 2.07 bits per heavy atom. The van der Waals surface area contributed by atoms with Crippen molar-refractivity contribution in [3.8, 4) is 11.4 Å². The summed E-state index contributed by atoms with van der Waals surface area (Å²) in [5.74, 6) is 1.12. The van der Waals surface area contributed by atoms with E-state index in [0.29, 0.717) is 11.7 Å². The summed E-state index contributed by atoms with van der Waals surface area (Å²) in [6, 6.07) is 0. The fourth-order valence-electron chi connectivity index (χ4n) is 1.20. The van der Waals surface area contributed by atoms with Crippen LogP contribution < -0.4 is 0 Å². The molecule has 0 unspecified atom stereocenters. The van der Waals surface area contributed by atoms with E-state index in [1.807, 2.05) is 12.4 Å². The third kappa shape index (κ3) is 2.15. The minimum absolute atomic E-state index is 0.450. The fourth-order valence-corrected chi connectivity index (χ4v) is 1.20. The Kier molecular flexibility index (Phi) is 2.67. The Morgan fingerprint density at radius 2 is 1.53 bits per heavy atom. The zero-order valence-electron chi connectivity index (χ0n) is 8.75. The lowest BCUT2D eigenvalue weighted by Gasteiger charge is -2.04. The molecule has 0 bridgehead atoms. The highest BCUT2D eigenvalue weighted by Crippen LogP contribution is 2.15. The smallest absolute Gasteiger partial charge is 0.162 e. The lowest BCUT2D eigenvalue weighted by molar-refractivity contribution is 0.847. The molecule has 0 fully saturated rings. The van der Waals surface area contributed by atoms with Crippen molar-refractivity contribution < 1.29 is 0 Å². The van der Waals surface area contributed by atoms with E-state index in [4.69, 9.17) is 0 Å². The lowest BCUT2D eigenvalue weighted by atomic mass is 10.1. The largest absolute Gasteiger partial charge is 0.244 e. The molecule has 15 heavy (non-hydrogen) atoms. The first-order chi connectivity index (χ1) is 7.27. The van der Waals surface area contributed by atoms with Crippen molar-refractivity contribution in [2.45, 2.75) is 19.8 Å². The Balaban J connectivity index is 2.32. The SMILES string of the molecule is CC(C)c1cnc(-c2cncnc2)nc1. The van der Waals surface area contributed by atoms with Gasteiger partial charge in [-0.3, -0.25) is 0 Å². The average Bonchev–Trinajstić information content (AvgIpc) is 2.30. The highest BCUT2D eigenvalue weighted by atomic mass is 14.9. The van der Waals surface area contributed by atoms with E-state index >= 15 is 0 Å². The quantitative estimate of drug-likeness (QED) is 0.744. The van der Waals surface area contributed by atoms with Gasteiger partial charge >= 0.3 is 0 Å². The van der Waals surface area contributed by atoms with E-state index < -0.39 is 0 Å². The van der Waals surface area contributed by atoms with Crippen LogP contribution in [0.3, 0.4) is 0 Å². The van der Waals surface area contributed by atoms with Gasteiger partial charge in [0, 0.05) is 24.8 Å². The van der Waals surface area contributed by atoms with Crippen LogP contribution in [0.5, 0.6) is 0 Å². The van der Waals surface area contributed by atoms with Crippen LogP contribution in [0, 0.1) is 0 Å². The second-order valence-electron chi connectivity index (χ2n) is 3.62. The maximum absolute atomic E-state index is 4.28. The molecule has 0 spiro atoms. The maximum atomic E-state index is 4.28. The van der Waals surface area contributed by atoms with E-state index in [1.165, 1.54) is 6.33 Å². The van der Waals surface area contributed by atoms with Gasteiger partial charge in [0.15, 0.2) is 5.82 Å². The van der Waals surface area contributed by atoms with Gasteiger partial charge in [-0.2, -0.15) is 0 Å². The average molecular weight is 200 g/mol. The molecule has 0 amide bonds. The number of hydrogen-bond donors (Lipinski definition) is 0. The van der Waals surface area contributed by atoms with Crippen molar-refractivity contribution >= 4 is 0 Å². The normalized spacial score (nSPS) is 10.6. The van der Waals surface area contributed by atoms with Crippen LogP contribution in [-0.2, 0) is 0 Å². The number of hydrogen-bond acceptors (Lipinski definition) is 4. The number of rotatable bonds is 2. The van der Waals surface area contributed by atoms with Crippen molar-refractivity contribution in [3.05, 3.63) is 36.7 Å². The van der Waals surface area contributed by atoms with Crippen LogP contribution in [0.15, 0.2) is 31.1 Å². The molecule has 76 valence electrons. The zero-order valence-corrected chi connectivity index (χ0v) is 8.75. The van der Waals surface area contributed by atoms with Crippen LogP contribution in [0.4, 0.5) is 0 Å². The van der Waals surface area contributed by atoms with Gasteiger partial charge in [-0.25, -0.2) is 19.9 Å². The first-order valence-corrected chi connectivity index (χ1v) is 4.84. The van der Waals surface area contributed by atoms with Gasteiger partial charge < -0.3 is 0 Å². The molecular formula is C11H12N4. The molecule has 2 aromatic heterocycles. The zero-order chi connectivity index (χ0) is 10.7. The van der Waals surface area contributed by atoms with Gasteiger partial charge in [0.05, 0.1) is 5.56 Å². The van der Waals surface area contributed by atoms with Crippen LogP contribution >= 0.6 is 0 Å². The Morgan fingerprint density at radius 1 is 0.933 bits per heavy atom. The van der Waals surface area contributed by atoms with Crippen LogP contribution in [-0.4, -0.2) is 19.9 Å². The second kappa shape index (κ2) is 4.13. The third-order valence-electron chi connectivity index (χ3n) is 2.16. The van der Waals surface area contributed by atoms with Gasteiger partial charge in [0.2, 0.25) is 0 Å². The molecule has 0 atom stereocenters. The van der Waals surface area contributed by atoms with E-state index in [-0.39, 0.29) is 0 Å². The predicted octanol–water partition coefficient (Wildman–Crippen LogP) is 2.06. The highest BCUT2D eigenvalue weighted by molar-refractivity contribution is 5.50. The summed E-state index contributed by atoms with van der Waals surface area (Å²) < 4.78 is 0. The molecule has 0 aliphatic heterocycles. The minimum atomic E-state index is 0.450. The van der Waals surface area contributed by atoms with Crippen molar-refractivity contribution in [2.75, 3.05) is 0 Å². The monoisotopic (exact) mass is 200 g/mol. The van der Waals surface area contributed by atoms with Gasteiger partial charge in [0.25, 0.3) is 0 Å². The molecule has 0 aliphatic carbocycles. The van der Waals surface area contributed by atoms with Crippen molar-refractivity contribution in [1.29, 1.82) is 0 Å². The summed E-state index contributed by atoms with van der Waals surface area (Å²) >= 11 is 0. The first-order valence-electron chi connectivity index (χ1n) is 4.84. The van der Waals surface area contributed by atoms with Crippen molar-refractivity contribution in [3.63, 3.8) is 0 Å². The van der Waals surface area contributed by atoms with Crippen LogP contribution in [0.2, 0.25) is 0 Å². The maximum Gasteiger partial charge on any atom is 0.162 e. The topological polar surface area (TPSA) is 51.6 Å². The number of aromatic nitrogens is 4. The predicted molar refractivity (Wildman–Crippen MR) is 57.1 cm³/mol. The Hall–Kier alpha value is -1.84. The van der Waals surface area contributed by atoms with Crippen LogP contribution in [0.1, 0.15) is 25.3 Å². The molecule has 4 heteroatoms. The first kappa shape index (κ1) is 9.71. The Labute approximate surface area is 88.5 Å². The molecule has 0 aliphatic rings. The molecule has 0 saturated carbocycles. The molecule has 0 radical (unpaired) electrons. The fraction of sp³-hybridized carbons (Fsp3) is 0.273. The third-order valence-corrected chi connectivity index (χ3v) is 2.16. The standard InChI is InChI=1S/C11H12N4/c1-8(2)9-5-14-11(15-6-9)10-3-12-7-13-4-10/h3-8H,1-2H3.